The number of fused-ring (bicyclic) bond motifs is 1. The minimum absolute atomic E-state index is 0.0513. The van der Waals surface area contributed by atoms with E-state index in [1.165, 1.54) is 25.4 Å². The van der Waals surface area contributed by atoms with Crippen LogP contribution in [0.5, 0.6) is 11.5 Å². The van der Waals surface area contributed by atoms with Crippen LogP contribution >= 0.6 is 23.2 Å². The molecule has 0 fully saturated rings. The Labute approximate surface area is 161 Å². The molecule has 8 heteroatoms. The van der Waals surface area contributed by atoms with Gasteiger partial charge >= 0.3 is 10.1 Å². The van der Waals surface area contributed by atoms with Gasteiger partial charge in [0, 0.05) is 11.6 Å². The van der Waals surface area contributed by atoms with Gasteiger partial charge in [0.25, 0.3) is 0 Å². The third kappa shape index (κ3) is 3.45. The van der Waals surface area contributed by atoms with Crippen molar-refractivity contribution in [3.63, 3.8) is 0 Å². The summed E-state index contributed by atoms with van der Waals surface area (Å²) in [5.74, 6) is 0.111. The van der Waals surface area contributed by atoms with Gasteiger partial charge in [-0.25, -0.2) is 0 Å². The normalized spacial score (nSPS) is 11.5. The summed E-state index contributed by atoms with van der Waals surface area (Å²) >= 11 is 12.3. The van der Waals surface area contributed by atoms with Gasteiger partial charge in [0.15, 0.2) is 5.75 Å². The van der Waals surface area contributed by atoms with Crippen LogP contribution in [0.1, 0.15) is 12.5 Å². The second-order valence-electron chi connectivity index (χ2n) is 5.45. The minimum atomic E-state index is -4.21. The molecule has 0 atom stereocenters. The van der Waals surface area contributed by atoms with Crippen LogP contribution in [0.4, 0.5) is 0 Å². The third-order valence-corrected chi connectivity index (χ3v) is 5.69. The quantitative estimate of drug-likeness (QED) is 0.559. The van der Waals surface area contributed by atoms with Crippen molar-refractivity contribution in [1.82, 2.24) is 4.98 Å². The molecular formula is C18H15Cl2NO4S. The molecule has 26 heavy (non-hydrogen) atoms. The Bertz CT molecular complexity index is 1080. The highest BCUT2D eigenvalue weighted by Crippen LogP contribution is 2.39. The van der Waals surface area contributed by atoms with E-state index in [0.717, 1.165) is 5.56 Å². The molecule has 0 N–H and O–H groups in total. The minimum Gasteiger partial charge on any atom is -0.495 e. The standard InChI is InChI=1S/C18H15Cl2NO4S/c1-3-11-6-7-15(24-2)16(9-11)26(22,23)25-18-14(20)10-13(19)12-5-4-8-21-17(12)18/h4-10H,3H2,1-2H3. The lowest BCUT2D eigenvalue weighted by molar-refractivity contribution is 0.398. The van der Waals surface area contributed by atoms with Gasteiger partial charge < -0.3 is 8.92 Å². The van der Waals surface area contributed by atoms with E-state index in [4.69, 9.17) is 32.1 Å². The lowest BCUT2D eigenvalue weighted by Crippen LogP contribution is -2.12. The average Bonchev–Trinajstić information content (AvgIpc) is 2.64. The van der Waals surface area contributed by atoms with Gasteiger partial charge in [0.1, 0.15) is 16.2 Å². The van der Waals surface area contributed by atoms with Crippen LogP contribution in [0.3, 0.4) is 0 Å². The van der Waals surface area contributed by atoms with Gasteiger partial charge in [-0.3, -0.25) is 4.98 Å². The zero-order chi connectivity index (χ0) is 18.9. The SMILES string of the molecule is CCc1ccc(OC)c(S(=O)(=O)Oc2c(Cl)cc(Cl)c3cccnc23)c1. The molecule has 5 nitrogen and oxygen atoms in total. The first-order valence-corrected chi connectivity index (χ1v) is 9.88. The molecule has 0 amide bonds. The van der Waals surface area contributed by atoms with Gasteiger partial charge in [-0.2, -0.15) is 8.42 Å². The smallest absolute Gasteiger partial charge is 0.343 e. The van der Waals surface area contributed by atoms with Crippen molar-refractivity contribution < 1.29 is 17.3 Å². The Morgan fingerprint density at radius 2 is 1.88 bits per heavy atom. The highest BCUT2D eigenvalue weighted by Gasteiger charge is 2.25. The number of hydrogen-bond donors (Lipinski definition) is 0. The van der Waals surface area contributed by atoms with E-state index in [9.17, 15) is 8.42 Å². The van der Waals surface area contributed by atoms with E-state index >= 15 is 0 Å². The summed E-state index contributed by atoms with van der Waals surface area (Å²) in [4.78, 5) is 4.09. The first kappa shape index (κ1) is 18.8. The van der Waals surface area contributed by atoms with Crippen LogP contribution in [-0.2, 0) is 16.5 Å². The summed E-state index contributed by atoms with van der Waals surface area (Å²) in [6, 6.07) is 9.73. The summed E-state index contributed by atoms with van der Waals surface area (Å²) in [6.45, 7) is 1.92. The topological polar surface area (TPSA) is 65.5 Å². The number of ether oxygens (including phenoxy) is 1. The van der Waals surface area contributed by atoms with Gasteiger partial charge in [-0.05, 0) is 42.3 Å². The van der Waals surface area contributed by atoms with Crippen LogP contribution in [0.25, 0.3) is 10.9 Å². The van der Waals surface area contributed by atoms with E-state index < -0.39 is 10.1 Å². The maximum Gasteiger partial charge on any atom is 0.343 e. The predicted octanol–water partition coefficient (Wildman–Crippen LogP) is 4.88. The molecule has 136 valence electrons. The fourth-order valence-electron chi connectivity index (χ4n) is 2.52. The molecule has 3 aromatic rings. The monoisotopic (exact) mass is 411 g/mol. The van der Waals surface area contributed by atoms with Crippen molar-refractivity contribution in [3.05, 3.63) is 58.2 Å². The third-order valence-electron chi connectivity index (χ3n) is 3.85. The summed E-state index contributed by atoms with van der Waals surface area (Å²) in [5.41, 5.74) is 1.09. The first-order valence-electron chi connectivity index (χ1n) is 7.71. The fraction of sp³-hybridized carbons (Fsp3) is 0.167. The Hall–Kier alpha value is -2.02. The van der Waals surface area contributed by atoms with E-state index in [1.54, 1.807) is 24.3 Å². The molecule has 0 aliphatic rings. The molecule has 0 saturated heterocycles. The molecule has 0 spiro atoms. The van der Waals surface area contributed by atoms with Crippen LogP contribution < -0.4 is 8.92 Å². The molecule has 0 bridgehead atoms. The lowest BCUT2D eigenvalue weighted by atomic mass is 10.2. The summed E-state index contributed by atoms with van der Waals surface area (Å²) in [7, 11) is -2.81. The molecule has 1 aromatic heterocycles. The Kier molecular flexibility index (Phi) is 5.27. The van der Waals surface area contributed by atoms with Crippen molar-refractivity contribution in [3.8, 4) is 11.5 Å². The lowest BCUT2D eigenvalue weighted by Gasteiger charge is -2.14. The maximum absolute atomic E-state index is 12.9. The number of rotatable bonds is 5. The number of hydrogen-bond acceptors (Lipinski definition) is 5. The van der Waals surface area contributed by atoms with Crippen LogP contribution in [-0.4, -0.2) is 20.5 Å². The molecule has 0 aliphatic heterocycles. The van der Waals surface area contributed by atoms with Crippen molar-refractivity contribution in [1.29, 1.82) is 0 Å². The zero-order valence-electron chi connectivity index (χ0n) is 14.0. The van der Waals surface area contributed by atoms with Crippen LogP contribution in [0.15, 0.2) is 47.5 Å². The maximum atomic E-state index is 12.9. The van der Waals surface area contributed by atoms with E-state index in [1.807, 2.05) is 6.92 Å². The highest BCUT2D eigenvalue weighted by molar-refractivity contribution is 7.87. The Morgan fingerprint density at radius 1 is 1.12 bits per heavy atom. The molecule has 0 aliphatic carbocycles. The first-order chi connectivity index (χ1) is 12.4. The van der Waals surface area contributed by atoms with Crippen molar-refractivity contribution in [2.24, 2.45) is 0 Å². The largest absolute Gasteiger partial charge is 0.495 e. The number of aromatic nitrogens is 1. The van der Waals surface area contributed by atoms with Gasteiger partial charge in [-0.1, -0.05) is 36.2 Å². The molecule has 0 radical (unpaired) electrons. The number of methoxy groups -OCH3 is 1. The average molecular weight is 412 g/mol. The van der Waals surface area contributed by atoms with Crippen LogP contribution in [0, 0.1) is 0 Å². The fourth-order valence-corrected chi connectivity index (χ4v) is 4.29. The van der Waals surface area contributed by atoms with E-state index in [-0.39, 0.29) is 26.9 Å². The summed E-state index contributed by atoms with van der Waals surface area (Å²) in [5, 5.41) is 0.946. The van der Waals surface area contributed by atoms with Crippen molar-refractivity contribution >= 4 is 44.2 Å². The van der Waals surface area contributed by atoms with Crippen molar-refractivity contribution in [2.45, 2.75) is 18.2 Å². The second-order valence-corrected chi connectivity index (χ2v) is 7.77. The predicted molar refractivity (Wildman–Crippen MR) is 102 cm³/mol. The van der Waals surface area contributed by atoms with Gasteiger partial charge in [0.05, 0.1) is 17.2 Å². The molecule has 2 aromatic carbocycles. The summed E-state index contributed by atoms with van der Waals surface area (Å²) < 4.78 is 36.4. The number of halogens is 2. The molecule has 0 unspecified atom stereocenters. The number of nitrogens with zero attached hydrogens (tertiary/aromatic N) is 1. The van der Waals surface area contributed by atoms with Crippen molar-refractivity contribution in [2.75, 3.05) is 7.11 Å². The molecule has 1 heterocycles. The number of pyridine rings is 1. The number of aryl methyl sites for hydroxylation is 1. The van der Waals surface area contributed by atoms with Crippen LogP contribution in [0.2, 0.25) is 10.0 Å². The van der Waals surface area contributed by atoms with E-state index in [2.05, 4.69) is 4.98 Å². The van der Waals surface area contributed by atoms with Gasteiger partial charge in [0.2, 0.25) is 0 Å². The molecule has 3 rings (SSSR count). The van der Waals surface area contributed by atoms with E-state index in [0.29, 0.717) is 16.8 Å². The van der Waals surface area contributed by atoms with Gasteiger partial charge in [-0.15, -0.1) is 0 Å². The second kappa shape index (κ2) is 7.31. The number of benzene rings is 2. The Morgan fingerprint density at radius 3 is 2.58 bits per heavy atom. The molecule has 0 saturated carbocycles. The Balaban J connectivity index is 2.16. The molecular weight excluding hydrogens is 397 g/mol. The zero-order valence-corrected chi connectivity index (χ0v) is 16.3. The highest BCUT2D eigenvalue weighted by atomic mass is 35.5. The summed E-state index contributed by atoms with van der Waals surface area (Å²) in [6.07, 6.45) is 2.17.